The van der Waals surface area contributed by atoms with Crippen LogP contribution < -0.4 is 5.32 Å². The highest BCUT2D eigenvalue weighted by atomic mass is 35.5. The fourth-order valence-corrected chi connectivity index (χ4v) is 8.73. The van der Waals surface area contributed by atoms with Crippen LogP contribution in [0.4, 0.5) is 5.69 Å². The lowest BCUT2D eigenvalue weighted by Crippen LogP contribution is -2.47. The number of likely N-dealkylation sites (tertiary alicyclic amines) is 2. The Morgan fingerprint density at radius 2 is 1.88 bits per heavy atom. The zero-order chi connectivity index (χ0) is 32.8. The monoisotopic (exact) mass is 696 g/mol. The number of piperidine rings is 1. The number of fused-ring (bicyclic) bond motifs is 1. The third kappa shape index (κ3) is 5.78. The topological polar surface area (TPSA) is 101 Å². The van der Waals surface area contributed by atoms with Gasteiger partial charge in [0.25, 0.3) is 5.91 Å². The van der Waals surface area contributed by atoms with Crippen LogP contribution in [0.3, 0.4) is 0 Å². The lowest BCUT2D eigenvalue weighted by atomic mass is 10.0. The van der Waals surface area contributed by atoms with Gasteiger partial charge in [0.2, 0.25) is 5.91 Å². The molecule has 4 aromatic heterocycles. The molecule has 244 valence electrons. The number of aryl methyl sites for hydroxylation is 1. The minimum absolute atomic E-state index is 0.0197. The van der Waals surface area contributed by atoms with Crippen LogP contribution in [-0.4, -0.2) is 72.1 Å². The van der Waals surface area contributed by atoms with Crippen molar-refractivity contribution in [2.24, 2.45) is 0 Å². The molecule has 0 aliphatic carbocycles. The quantitative estimate of drug-likeness (QED) is 0.183. The van der Waals surface area contributed by atoms with Crippen molar-refractivity contribution in [3.8, 4) is 16.9 Å². The number of anilines is 1. The molecule has 10 nitrogen and oxygen atoms in total. The number of carbonyl (C=O) groups excluding carboxylic acids is 2. The third-order valence-electron chi connectivity index (χ3n) is 9.27. The van der Waals surface area contributed by atoms with E-state index >= 15 is 0 Å². The number of amides is 2. The molecule has 2 saturated heterocycles. The summed E-state index contributed by atoms with van der Waals surface area (Å²) in [5.74, 6) is 0.0954. The van der Waals surface area contributed by atoms with Gasteiger partial charge < -0.3 is 15.1 Å². The standard InChI is InChI=1S/C35H33ClN8O2S2/c1-22-27-19-32(48-35(27)44(39-22)30-10-3-2-9-28(30)36)34(46)41-14-11-25(12-15-41)42-16-13-31(33(42)45)43-21-29(38-40-43)23-6-4-7-24(18-23)37-20-26-8-5-17-47-26/h2-10,17-19,21,25,31,37H,11-16,20H2,1H3. The van der Waals surface area contributed by atoms with Crippen molar-refractivity contribution in [1.82, 2.24) is 34.6 Å². The Bertz CT molecular complexity index is 2110. The normalized spacial score (nSPS) is 17.1. The van der Waals surface area contributed by atoms with E-state index in [9.17, 15) is 9.59 Å². The van der Waals surface area contributed by atoms with Gasteiger partial charge in [-0.05, 0) is 68.0 Å². The maximum absolute atomic E-state index is 13.6. The zero-order valence-corrected chi connectivity index (χ0v) is 28.6. The number of hydrogen-bond acceptors (Lipinski definition) is 8. The minimum Gasteiger partial charge on any atom is -0.380 e. The number of benzene rings is 2. The van der Waals surface area contributed by atoms with Crippen LogP contribution in [0.25, 0.3) is 27.2 Å². The Kier molecular flexibility index (Phi) is 8.23. The van der Waals surface area contributed by atoms with Crippen LogP contribution >= 0.6 is 34.3 Å². The molecule has 2 aromatic carbocycles. The molecule has 0 spiro atoms. The van der Waals surface area contributed by atoms with Gasteiger partial charge in [-0.3, -0.25) is 9.59 Å². The predicted octanol–water partition coefficient (Wildman–Crippen LogP) is 7.06. The average molecular weight is 697 g/mol. The summed E-state index contributed by atoms with van der Waals surface area (Å²) in [7, 11) is 0. The fourth-order valence-electron chi connectivity index (χ4n) is 6.72. The van der Waals surface area contributed by atoms with Gasteiger partial charge in [-0.1, -0.05) is 47.1 Å². The SMILES string of the molecule is Cc1nn(-c2ccccc2Cl)c2sc(C(=O)N3CCC(N4CCC(n5cc(-c6cccc(NCc7cccs7)c6)nn5)C4=O)CC3)cc12. The number of rotatable bonds is 8. The van der Waals surface area contributed by atoms with Crippen LogP contribution in [0.1, 0.15) is 45.5 Å². The largest absolute Gasteiger partial charge is 0.380 e. The summed E-state index contributed by atoms with van der Waals surface area (Å²) in [5.41, 5.74) is 4.35. The number of aromatic nitrogens is 5. The highest BCUT2D eigenvalue weighted by Crippen LogP contribution is 2.34. The van der Waals surface area contributed by atoms with E-state index in [2.05, 4.69) is 44.3 Å². The first-order valence-electron chi connectivity index (χ1n) is 16.1. The average Bonchev–Trinajstić information content (AvgIpc) is 3.95. The summed E-state index contributed by atoms with van der Waals surface area (Å²) in [5, 5.41) is 20.6. The molecule has 0 radical (unpaired) electrons. The Labute approximate surface area is 290 Å². The van der Waals surface area contributed by atoms with Gasteiger partial charge in [-0.25, -0.2) is 9.36 Å². The molecule has 0 saturated carbocycles. The molecule has 48 heavy (non-hydrogen) atoms. The van der Waals surface area contributed by atoms with Gasteiger partial charge in [0, 0.05) is 53.7 Å². The van der Waals surface area contributed by atoms with Crippen LogP contribution in [0, 0.1) is 6.92 Å². The molecule has 0 bridgehead atoms. The van der Waals surface area contributed by atoms with E-state index in [4.69, 9.17) is 11.6 Å². The second kappa shape index (κ2) is 12.8. The summed E-state index contributed by atoms with van der Waals surface area (Å²) in [6.07, 6.45) is 4.06. The molecule has 1 N–H and O–H groups in total. The molecule has 2 amide bonds. The van der Waals surface area contributed by atoms with Crippen molar-refractivity contribution in [3.63, 3.8) is 0 Å². The predicted molar refractivity (Wildman–Crippen MR) is 190 cm³/mol. The van der Waals surface area contributed by atoms with Crippen molar-refractivity contribution in [3.05, 3.63) is 98.8 Å². The molecule has 2 aliphatic rings. The summed E-state index contributed by atoms with van der Waals surface area (Å²) in [6, 6.07) is 21.5. The first-order chi connectivity index (χ1) is 23.4. The van der Waals surface area contributed by atoms with Gasteiger partial charge >= 0.3 is 0 Å². The molecule has 13 heteroatoms. The molecule has 1 unspecified atom stereocenters. The van der Waals surface area contributed by atoms with E-state index in [1.54, 1.807) is 16.0 Å². The van der Waals surface area contributed by atoms with Crippen molar-refractivity contribution in [1.29, 1.82) is 0 Å². The first-order valence-corrected chi connectivity index (χ1v) is 18.1. The summed E-state index contributed by atoms with van der Waals surface area (Å²) in [6.45, 7) is 4.60. The molecule has 2 aliphatic heterocycles. The smallest absolute Gasteiger partial charge is 0.264 e. The van der Waals surface area contributed by atoms with Crippen molar-refractivity contribution in [2.45, 2.75) is 44.8 Å². The zero-order valence-electron chi connectivity index (χ0n) is 26.3. The Hall–Kier alpha value is -4.52. The highest BCUT2D eigenvalue weighted by molar-refractivity contribution is 7.20. The summed E-state index contributed by atoms with van der Waals surface area (Å²) in [4.78, 5) is 34.0. The lowest BCUT2D eigenvalue weighted by molar-refractivity contribution is -0.133. The molecular weight excluding hydrogens is 664 g/mol. The van der Waals surface area contributed by atoms with Crippen LogP contribution in [0.5, 0.6) is 0 Å². The molecule has 6 heterocycles. The number of carbonyl (C=O) groups is 2. The maximum Gasteiger partial charge on any atom is 0.264 e. The van der Waals surface area contributed by atoms with Crippen molar-refractivity contribution in [2.75, 3.05) is 25.0 Å². The third-order valence-corrected chi connectivity index (χ3v) is 11.6. The number of thiophene rings is 2. The van der Waals surface area contributed by atoms with E-state index in [1.807, 2.05) is 76.1 Å². The van der Waals surface area contributed by atoms with E-state index < -0.39 is 0 Å². The van der Waals surface area contributed by atoms with E-state index in [0.717, 1.165) is 57.9 Å². The Morgan fingerprint density at radius 1 is 1.02 bits per heavy atom. The van der Waals surface area contributed by atoms with Gasteiger partial charge in [0.15, 0.2) is 0 Å². The molecule has 2 fully saturated rings. The van der Waals surface area contributed by atoms with E-state index in [0.29, 0.717) is 36.0 Å². The summed E-state index contributed by atoms with van der Waals surface area (Å²) < 4.78 is 3.55. The minimum atomic E-state index is -0.370. The Morgan fingerprint density at radius 3 is 2.69 bits per heavy atom. The number of hydrogen-bond donors (Lipinski definition) is 1. The number of para-hydroxylation sites is 1. The van der Waals surface area contributed by atoms with E-state index in [-0.39, 0.29) is 23.9 Å². The van der Waals surface area contributed by atoms with Crippen molar-refractivity contribution < 1.29 is 9.59 Å². The molecule has 8 rings (SSSR count). The van der Waals surface area contributed by atoms with Crippen molar-refractivity contribution >= 4 is 62.0 Å². The Balaban J connectivity index is 0.897. The van der Waals surface area contributed by atoms with Crippen LogP contribution in [0.15, 0.2) is 78.3 Å². The lowest BCUT2D eigenvalue weighted by Gasteiger charge is -2.36. The summed E-state index contributed by atoms with van der Waals surface area (Å²) >= 11 is 9.64. The maximum atomic E-state index is 13.6. The van der Waals surface area contributed by atoms with Gasteiger partial charge in [0.05, 0.1) is 27.5 Å². The fraction of sp³-hybridized carbons (Fsp3) is 0.286. The molecule has 6 aromatic rings. The van der Waals surface area contributed by atoms with Gasteiger partial charge in [-0.15, -0.1) is 27.8 Å². The highest BCUT2D eigenvalue weighted by Gasteiger charge is 2.39. The molecule has 1 atom stereocenters. The van der Waals surface area contributed by atoms with Gasteiger partial charge in [-0.2, -0.15) is 5.10 Å². The first kappa shape index (κ1) is 30.8. The molecular formula is C35H33ClN8O2S2. The van der Waals surface area contributed by atoms with Crippen LogP contribution in [0.2, 0.25) is 5.02 Å². The number of nitrogens with one attached hydrogen (secondary N) is 1. The number of nitrogens with zero attached hydrogens (tertiary/aromatic N) is 7. The second-order valence-corrected chi connectivity index (χ2v) is 14.7. The number of halogens is 1. The van der Waals surface area contributed by atoms with Crippen LogP contribution in [-0.2, 0) is 11.3 Å². The second-order valence-electron chi connectivity index (χ2n) is 12.2. The van der Waals surface area contributed by atoms with Gasteiger partial charge in [0.1, 0.15) is 16.6 Å². The van der Waals surface area contributed by atoms with E-state index in [1.165, 1.54) is 16.2 Å².